The van der Waals surface area contributed by atoms with Crippen LogP contribution in [0.4, 0.5) is 4.39 Å². The van der Waals surface area contributed by atoms with E-state index in [9.17, 15) is 9.18 Å². The molecule has 24 heavy (non-hydrogen) atoms. The first-order valence-corrected chi connectivity index (χ1v) is 7.71. The molecule has 0 saturated heterocycles. The highest BCUT2D eigenvalue weighted by Gasteiger charge is 2.11. The number of hydrogen-bond donors (Lipinski definition) is 1. The minimum Gasteiger partial charge on any atom is -0.490 e. The molecule has 0 atom stereocenters. The predicted octanol–water partition coefficient (Wildman–Crippen LogP) is 3.09. The summed E-state index contributed by atoms with van der Waals surface area (Å²) in [4.78, 5) is 11.9. The molecule has 0 unspecified atom stereocenters. The topological polar surface area (TPSA) is 64.4 Å². The molecular formula is C18H17FN2O3. The second kappa shape index (κ2) is 7.59. The summed E-state index contributed by atoms with van der Waals surface area (Å²) in [5.74, 6) is -0.308. The lowest BCUT2D eigenvalue weighted by Crippen LogP contribution is -2.27. The predicted molar refractivity (Wildman–Crippen MR) is 87.2 cm³/mol. The number of ether oxygens (including phenoxy) is 1. The largest absolute Gasteiger partial charge is 0.490 e. The van der Waals surface area contributed by atoms with Crippen molar-refractivity contribution in [1.82, 2.24) is 10.5 Å². The Hall–Kier alpha value is -2.89. The Morgan fingerprint density at radius 2 is 1.96 bits per heavy atom. The maximum Gasteiger partial charge on any atom is 0.226 e. The van der Waals surface area contributed by atoms with Gasteiger partial charge in [0.1, 0.15) is 5.69 Å². The lowest BCUT2D eigenvalue weighted by molar-refractivity contribution is -0.120. The van der Waals surface area contributed by atoms with Crippen LogP contribution in [-0.4, -0.2) is 24.2 Å². The molecule has 0 aliphatic heterocycles. The highest BCUT2D eigenvalue weighted by molar-refractivity contribution is 5.86. The van der Waals surface area contributed by atoms with Gasteiger partial charge in [-0.15, -0.1) is 0 Å². The van der Waals surface area contributed by atoms with Gasteiger partial charge in [0.2, 0.25) is 5.91 Å². The zero-order chi connectivity index (χ0) is 16.8. The summed E-state index contributed by atoms with van der Waals surface area (Å²) in [6.45, 7) is 0.775. The summed E-state index contributed by atoms with van der Waals surface area (Å²) in [7, 11) is 0. The van der Waals surface area contributed by atoms with Gasteiger partial charge in [-0.2, -0.15) is 0 Å². The van der Waals surface area contributed by atoms with Crippen molar-refractivity contribution in [1.29, 1.82) is 0 Å². The molecule has 3 rings (SSSR count). The number of nitrogens with zero attached hydrogens (tertiary/aromatic N) is 1. The summed E-state index contributed by atoms with van der Waals surface area (Å²) < 4.78 is 23.9. The van der Waals surface area contributed by atoms with E-state index in [1.807, 2.05) is 24.3 Å². The molecule has 0 fully saturated rings. The van der Waals surface area contributed by atoms with E-state index in [4.69, 9.17) is 9.26 Å². The van der Waals surface area contributed by atoms with Crippen LogP contribution >= 0.6 is 0 Å². The fourth-order valence-corrected chi connectivity index (χ4v) is 2.32. The van der Waals surface area contributed by atoms with Gasteiger partial charge < -0.3 is 14.6 Å². The van der Waals surface area contributed by atoms with E-state index < -0.39 is 0 Å². The van der Waals surface area contributed by atoms with Gasteiger partial charge in [0.25, 0.3) is 0 Å². The molecule has 124 valence electrons. The molecule has 1 N–H and O–H groups in total. The third-order valence-corrected chi connectivity index (χ3v) is 3.52. The summed E-state index contributed by atoms with van der Waals surface area (Å²) in [6.07, 6.45) is 0.741. The fraction of sp³-hybridized carbons (Fsp3) is 0.222. The molecule has 1 heterocycles. The number of carbonyl (C=O) groups is 1. The SMILES string of the molecule is O=C(Cc1noc2ccccc12)NCCCOc1ccccc1F. The Morgan fingerprint density at radius 3 is 2.83 bits per heavy atom. The smallest absolute Gasteiger partial charge is 0.226 e. The lowest BCUT2D eigenvalue weighted by atomic mass is 10.1. The van der Waals surface area contributed by atoms with Crippen molar-refractivity contribution < 1.29 is 18.4 Å². The Morgan fingerprint density at radius 1 is 1.17 bits per heavy atom. The quantitative estimate of drug-likeness (QED) is 0.677. The molecule has 2 aromatic carbocycles. The number of fused-ring (bicyclic) bond motifs is 1. The molecule has 1 amide bonds. The van der Waals surface area contributed by atoms with Gasteiger partial charge in [0.05, 0.1) is 13.0 Å². The van der Waals surface area contributed by atoms with Gasteiger partial charge in [-0.05, 0) is 30.7 Å². The van der Waals surface area contributed by atoms with Gasteiger partial charge in [0, 0.05) is 11.9 Å². The Kier molecular flexibility index (Phi) is 5.05. The molecule has 0 aliphatic carbocycles. The number of rotatable bonds is 7. The van der Waals surface area contributed by atoms with Crippen molar-refractivity contribution in [2.45, 2.75) is 12.8 Å². The van der Waals surface area contributed by atoms with Crippen molar-refractivity contribution in [3.8, 4) is 5.75 Å². The van der Waals surface area contributed by atoms with Crippen LogP contribution in [0.3, 0.4) is 0 Å². The minimum atomic E-state index is -0.389. The third-order valence-electron chi connectivity index (χ3n) is 3.52. The highest BCUT2D eigenvalue weighted by atomic mass is 19.1. The van der Waals surface area contributed by atoms with E-state index >= 15 is 0 Å². The second-order valence-corrected chi connectivity index (χ2v) is 5.28. The van der Waals surface area contributed by atoms with Crippen molar-refractivity contribution in [3.63, 3.8) is 0 Å². The number of amides is 1. The van der Waals surface area contributed by atoms with Crippen molar-refractivity contribution in [2.24, 2.45) is 0 Å². The van der Waals surface area contributed by atoms with E-state index in [0.717, 1.165) is 5.39 Å². The first kappa shape index (κ1) is 16.0. The average Bonchev–Trinajstić information content (AvgIpc) is 2.99. The normalized spacial score (nSPS) is 10.7. The average molecular weight is 328 g/mol. The molecule has 0 radical (unpaired) electrons. The van der Waals surface area contributed by atoms with Gasteiger partial charge in [-0.3, -0.25) is 4.79 Å². The van der Waals surface area contributed by atoms with E-state index in [1.54, 1.807) is 18.2 Å². The van der Waals surface area contributed by atoms with Gasteiger partial charge in [0.15, 0.2) is 17.1 Å². The first-order chi connectivity index (χ1) is 11.7. The van der Waals surface area contributed by atoms with Crippen LogP contribution in [0, 0.1) is 5.82 Å². The Balaban J connectivity index is 1.41. The van der Waals surface area contributed by atoms with Crippen LogP contribution in [0.25, 0.3) is 11.0 Å². The fourth-order valence-electron chi connectivity index (χ4n) is 2.32. The number of carbonyl (C=O) groups excluding carboxylic acids is 1. The zero-order valence-corrected chi connectivity index (χ0v) is 13.0. The maximum absolute atomic E-state index is 13.4. The van der Waals surface area contributed by atoms with Crippen molar-refractivity contribution >= 4 is 16.9 Å². The summed E-state index contributed by atoms with van der Waals surface area (Å²) in [6, 6.07) is 13.6. The molecule has 5 nitrogen and oxygen atoms in total. The van der Waals surface area contributed by atoms with Crippen molar-refractivity contribution in [3.05, 3.63) is 60.0 Å². The van der Waals surface area contributed by atoms with Crippen molar-refractivity contribution in [2.75, 3.05) is 13.2 Å². The molecule has 6 heteroatoms. The molecule has 0 bridgehead atoms. The minimum absolute atomic E-state index is 0.139. The van der Waals surface area contributed by atoms with Crippen LogP contribution in [0.1, 0.15) is 12.1 Å². The van der Waals surface area contributed by atoms with Crippen LogP contribution < -0.4 is 10.1 Å². The number of para-hydroxylation sites is 2. The van der Waals surface area contributed by atoms with Crippen LogP contribution in [-0.2, 0) is 11.2 Å². The number of aromatic nitrogens is 1. The molecule has 0 saturated carbocycles. The molecular weight excluding hydrogens is 311 g/mol. The van der Waals surface area contributed by atoms with E-state index in [1.165, 1.54) is 6.07 Å². The lowest BCUT2D eigenvalue weighted by Gasteiger charge is -2.07. The standard InChI is InChI=1S/C18H17FN2O3/c19-14-7-2-4-9-17(14)23-11-5-10-20-18(22)12-15-13-6-1-3-8-16(13)24-21-15/h1-4,6-9H,5,10-12H2,(H,20,22). The number of halogens is 1. The third kappa shape index (κ3) is 3.90. The van der Waals surface area contributed by atoms with Gasteiger partial charge in [-0.1, -0.05) is 29.4 Å². The Bertz CT molecular complexity index is 832. The molecule has 0 aliphatic rings. The number of nitrogens with one attached hydrogen (secondary N) is 1. The Labute approximate surface area is 138 Å². The zero-order valence-electron chi connectivity index (χ0n) is 13.0. The van der Waals surface area contributed by atoms with Crippen LogP contribution in [0.15, 0.2) is 53.1 Å². The molecule has 3 aromatic rings. The summed E-state index contributed by atoms with van der Waals surface area (Å²) in [5.41, 5.74) is 1.28. The second-order valence-electron chi connectivity index (χ2n) is 5.28. The molecule has 1 aromatic heterocycles. The summed E-state index contributed by atoms with van der Waals surface area (Å²) >= 11 is 0. The van der Waals surface area contributed by atoms with E-state index in [-0.39, 0.29) is 23.9 Å². The van der Waals surface area contributed by atoms with E-state index in [2.05, 4.69) is 10.5 Å². The first-order valence-electron chi connectivity index (χ1n) is 7.71. The number of benzene rings is 2. The molecule has 0 spiro atoms. The van der Waals surface area contributed by atoms with Crippen LogP contribution in [0.5, 0.6) is 5.75 Å². The number of hydrogen-bond acceptors (Lipinski definition) is 4. The van der Waals surface area contributed by atoms with E-state index in [0.29, 0.717) is 30.8 Å². The van der Waals surface area contributed by atoms with Gasteiger partial charge >= 0.3 is 0 Å². The van der Waals surface area contributed by atoms with Crippen LogP contribution in [0.2, 0.25) is 0 Å². The monoisotopic (exact) mass is 328 g/mol. The highest BCUT2D eigenvalue weighted by Crippen LogP contribution is 2.18. The van der Waals surface area contributed by atoms with Gasteiger partial charge in [-0.25, -0.2) is 4.39 Å². The maximum atomic E-state index is 13.4. The summed E-state index contributed by atoms with van der Waals surface area (Å²) in [5, 5.41) is 7.56.